The molecule has 0 aromatic rings. The van der Waals surface area contributed by atoms with E-state index in [0.29, 0.717) is 12.7 Å². The maximum absolute atomic E-state index is 11.3. The second kappa shape index (κ2) is 4.10. The molecule has 2 fully saturated rings. The normalized spacial score (nSPS) is 25.7. The van der Waals surface area contributed by atoms with Crippen molar-refractivity contribution < 1.29 is 14.6 Å². The number of carboxylic acids is 1. The summed E-state index contributed by atoms with van der Waals surface area (Å²) in [5.41, 5.74) is -0.838. The molecular formula is C11H19NO3. The summed E-state index contributed by atoms with van der Waals surface area (Å²) in [4.78, 5) is 11.3. The Kier molecular flexibility index (Phi) is 2.98. The predicted octanol–water partition coefficient (Wildman–Crippen LogP) is 1.01. The van der Waals surface area contributed by atoms with Gasteiger partial charge >= 0.3 is 5.97 Å². The number of carboxylic acid groups (broad SMARTS) is 1. The minimum Gasteiger partial charge on any atom is -0.480 e. The van der Waals surface area contributed by atoms with Crippen LogP contribution in [0.5, 0.6) is 0 Å². The Morgan fingerprint density at radius 2 is 2.13 bits per heavy atom. The smallest absolute Gasteiger partial charge is 0.326 e. The Bertz CT molecular complexity index is 248. The molecule has 0 aromatic heterocycles. The van der Waals surface area contributed by atoms with Gasteiger partial charge in [-0.15, -0.1) is 0 Å². The van der Waals surface area contributed by atoms with E-state index in [-0.39, 0.29) is 5.92 Å². The molecule has 2 saturated carbocycles. The molecule has 2 N–H and O–H groups in total. The van der Waals surface area contributed by atoms with Crippen molar-refractivity contribution in [1.82, 2.24) is 5.32 Å². The third kappa shape index (κ3) is 2.01. The van der Waals surface area contributed by atoms with Crippen molar-refractivity contribution in [3.63, 3.8) is 0 Å². The summed E-state index contributed by atoms with van der Waals surface area (Å²) in [6.45, 7) is 0.314. The lowest BCUT2D eigenvalue weighted by atomic mass is 9.92. The molecular weight excluding hydrogens is 194 g/mol. The summed E-state index contributed by atoms with van der Waals surface area (Å²) >= 11 is 0. The second-order valence-electron chi connectivity index (χ2n) is 4.66. The van der Waals surface area contributed by atoms with E-state index in [1.54, 1.807) is 7.05 Å². The standard InChI is InChI=1S/C11H19NO3/c1-12-11(10(13)14,8-5-6-8)7-15-9-3-2-4-9/h8-9,12H,2-7H2,1H3,(H,13,14). The first-order valence-corrected chi connectivity index (χ1v) is 5.73. The molecule has 2 aliphatic carbocycles. The van der Waals surface area contributed by atoms with Gasteiger partial charge in [0, 0.05) is 0 Å². The lowest BCUT2D eigenvalue weighted by Crippen LogP contribution is -2.56. The van der Waals surface area contributed by atoms with E-state index < -0.39 is 11.5 Å². The summed E-state index contributed by atoms with van der Waals surface area (Å²) in [5, 5.41) is 12.3. The monoisotopic (exact) mass is 213 g/mol. The number of rotatable bonds is 6. The van der Waals surface area contributed by atoms with Gasteiger partial charge in [-0.3, -0.25) is 4.79 Å². The van der Waals surface area contributed by atoms with E-state index >= 15 is 0 Å². The zero-order chi connectivity index (χ0) is 10.9. The SMILES string of the molecule is CNC(COC1CCC1)(C(=O)O)C1CC1. The van der Waals surface area contributed by atoms with Crippen LogP contribution >= 0.6 is 0 Å². The average Bonchev–Trinajstić information content (AvgIpc) is 2.92. The van der Waals surface area contributed by atoms with E-state index in [0.717, 1.165) is 25.7 Å². The fourth-order valence-electron chi connectivity index (χ4n) is 2.10. The van der Waals surface area contributed by atoms with E-state index in [1.807, 2.05) is 0 Å². The molecule has 0 spiro atoms. The molecule has 0 heterocycles. The summed E-state index contributed by atoms with van der Waals surface area (Å²) in [5.74, 6) is -0.521. The molecule has 2 aliphatic rings. The van der Waals surface area contributed by atoms with E-state index in [2.05, 4.69) is 5.32 Å². The van der Waals surface area contributed by atoms with Crippen LogP contribution in [-0.4, -0.2) is 36.4 Å². The van der Waals surface area contributed by atoms with Crippen LogP contribution in [0.1, 0.15) is 32.1 Å². The fourth-order valence-corrected chi connectivity index (χ4v) is 2.10. The van der Waals surface area contributed by atoms with Gasteiger partial charge in [0.15, 0.2) is 0 Å². The first kappa shape index (κ1) is 10.9. The number of hydrogen-bond acceptors (Lipinski definition) is 3. The molecule has 0 aliphatic heterocycles. The van der Waals surface area contributed by atoms with Crippen molar-refractivity contribution in [2.45, 2.75) is 43.7 Å². The Morgan fingerprint density at radius 1 is 1.47 bits per heavy atom. The Labute approximate surface area is 90.0 Å². The first-order chi connectivity index (χ1) is 7.19. The summed E-state index contributed by atoms with van der Waals surface area (Å²) in [7, 11) is 1.72. The highest BCUT2D eigenvalue weighted by atomic mass is 16.5. The zero-order valence-corrected chi connectivity index (χ0v) is 9.16. The molecule has 0 bridgehead atoms. The van der Waals surface area contributed by atoms with Crippen molar-refractivity contribution in [1.29, 1.82) is 0 Å². The van der Waals surface area contributed by atoms with Gasteiger partial charge in [0.25, 0.3) is 0 Å². The number of aliphatic carboxylic acids is 1. The van der Waals surface area contributed by atoms with Crippen LogP contribution in [0.15, 0.2) is 0 Å². The molecule has 4 nitrogen and oxygen atoms in total. The van der Waals surface area contributed by atoms with Crippen molar-refractivity contribution in [3.05, 3.63) is 0 Å². The van der Waals surface area contributed by atoms with E-state index in [4.69, 9.17) is 4.74 Å². The Balaban J connectivity index is 1.93. The minimum atomic E-state index is -0.838. The molecule has 1 atom stereocenters. The van der Waals surface area contributed by atoms with Crippen LogP contribution in [0.4, 0.5) is 0 Å². The highest BCUT2D eigenvalue weighted by molar-refractivity contribution is 5.80. The largest absolute Gasteiger partial charge is 0.480 e. The molecule has 15 heavy (non-hydrogen) atoms. The summed E-state index contributed by atoms with van der Waals surface area (Å²) < 4.78 is 5.65. The minimum absolute atomic E-state index is 0.250. The van der Waals surface area contributed by atoms with Crippen molar-refractivity contribution in [2.24, 2.45) is 5.92 Å². The number of hydrogen-bond donors (Lipinski definition) is 2. The van der Waals surface area contributed by atoms with E-state index in [1.165, 1.54) is 6.42 Å². The highest BCUT2D eigenvalue weighted by Crippen LogP contribution is 2.40. The van der Waals surface area contributed by atoms with Crippen LogP contribution in [0, 0.1) is 5.92 Å². The van der Waals surface area contributed by atoms with Gasteiger partial charge in [0.05, 0.1) is 12.7 Å². The molecule has 1 unspecified atom stereocenters. The average molecular weight is 213 g/mol. The van der Waals surface area contributed by atoms with Gasteiger partial charge in [-0.1, -0.05) is 0 Å². The van der Waals surface area contributed by atoms with Crippen LogP contribution in [0.3, 0.4) is 0 Å². The quantitative estimate of drug-likeness (QED) is 0.691. The van der Waals surface area contributed by atoms with Crippen molar-refractivity contribution in [3.8, 4) is 0 Å². The Morgan fingerprint density at radius 3 is 2.47 bits per heavy atom. The van der Waals surface area contributed by atoms with Gasteiger partial charge in [0.2, 0.25) is 0 Å². The van der Waals surface area contributed by atoms with Gasteiger partial charge in [-0.25, -0.2) is 0 Å². The lowest BCUT2D eigenvalue weighted by Gasteiger charge is -2.33. The van der Waals surface area contributed by atoms with Crippen LogP contribution in [0.25, 0.3) is 0 Å². The maximum Gasteiger partial charge on any atom is 0.326 e. The molecule has 86 valence electrons. The topological polar surface area (TPSA) is 58.6 Å². The molecule has 0 amide bonds. The van der Waals surface area contributed by atoms with Crippen molar-refractivity contribution in [2.75, 3.05) is 13.7 Å². The molecule has 2 rings (SSSR count). The molecule has 4 heteroatoms. The Hall–Kier alpha value is -0.610. The fraction of sp³-hybridized carbons (Fsp3) is 0.909. The van der Waals surface area contributed by atoms with Gasteiger partial charge in [-0.2, -0.15) is 0 Å². The molecule has 0 radical (unpaired) electrons. The third-order valence-electron chi connectivity index (χ3n) is 3.70. The summed E-state index contributed by atoms with van der Waals surface area (Å²) in [6, 6.07) is 0. The molecule has 0 saturated heterocycles. The van der Waals surface area contributed by atoms with E-state index in [9.17, 15) is 9.90 Å². The third-order valence-corrected chi connectivity index (χ3v) is 3.70. The zero-order valence-electron chi connectivity index (χ0n) is 9.16. The number of ether oxygens (including phenoxy) is 1. The highest BCUT2D eigenvalue weighted by Gasteiger charge is 2.51. The predicted molar refractivity (Wildman–Crippen MR) is 55.7 cm³/mol. The van der Waals surface area contributed by atoms with Crippen LogP contribution in [-0.2, 0) is 9.53 Å². The maximum atomic E-state index is 11.3. The first-order valence-electron chi connectivity index (χ1n) is 5.73. The van der Waals surface area contributed by atoms with Crippen molar-refractivity contribution >= 4 is 5.97 Å². The van der Waals surface area contributed by atoms with Gasteiger partial charge < -0.3 is 15.2 Å². The number of nitrogens with one attached hydrogen (secondary N) is 1. The van der Waals surface area contributed by atoms with Gasteiger partial charge in [0.1, 0.15) is 5.54 Å². The number of likely N-dealkylation sites (N-methyl/N-ethyl adjacent to an activating group) is 1. The van der Waals surface area contributed by atoms with Gasteiger partial charge in [-0.05, 0) is 45.1 Å². The molecule has 0 aromatic carbocycles. The van der Waals surface area contributed by atoms with Crippen LogP contribution < -0.4 is 5.32 Å². The number of carbonyl (C=O) groups is 1. The lowest BCUT2D eigenvalue weighted by molar-refractivity contribution is -0.151. The second-order valence-corrected chi connectivity index (χ2v) is 4.66. The summed E-state index contributed by atoms with van der Waals surface area (Å²) in [6.07, 6.45) is 5.69. The van der Waals surface area contributed by atoms with Crippen LogP contribution in [0.2, 0.25) is 0 Å².